The van der Waals surface area contributed by atoms with E-state index in [9.17, 15) is 4.79 Å². The van der Waals surface area contributed by atoms with Gasteiger partial charge in [-0.25, -0.2) is 0 Å². The molecule has 1 saturated carbocycles. The van der Waals surface area contributed by atoms with Crippen LogP contribution in [0.3, 0.4) is 0 Å². The quantitative estimate of drug-likeness (QED) is 0.672. The molecule has 0 aromatic rings. The Bertz CT molecular complexity index is 208. The van der Waals surface area contributed by atoms with E-state index >= 15 is 0 Å². The molecule has 2 heteroatoms. The van der Waals surface area contributed by atoms with Crippen molar-refractivity contribution in [1.29, 1.82) is 0 Å². The lowest BCUT2D eigenvalue weighted by atomic mass is 9.97. The number of ketones is 1. The van der Waals surface area contributed by atoms with Gasteiger partial charge in [-0.1, -0.05) is 19.8 Å². The molecule has 2 nitrogen and oxygen atoms in total. The predicted molar refractivity (Wildman–Crippen MR) is 57.2 cm³/mol. The van der Waals surface area contributed by atoms with Crippen molar-refractivity contribution in [3.8, 4) is 0 Å². The number of carbonyl (C=O) groups excluding carboxylic acids is 1. The molecule has 1 atom stereocenters. The van der Waals surface area contributed by atoms with Crippen molar-refractivity contribution in [2.24, 2.45) is 11.8 Å². The van der Waals surface area contributed by atoms with Gasteiger partial charge < -0.3 is 4.90 Å². The minimum Gasteiger partial charge on any atom is -0.302 e. The molecule has 1 heterocycles. The zero-order chi connectivity index (χ0) is 9.97. The summed E-state index contributed by atoms with van der Waals surface area (Å²) in [4.78, 5) is 13.9. The van der Waals surface area contributed by atoms with E-state index in [1.54, 1.807) is 0 Å². The van der Waals surface area contributed by atoms with Crippen LogP contribution in [-0.2, 0) is 4.79 Å². The van der Waals surface area contributed by atoms with Crippen molar-refractivity contribution in [3.63, 3.8) is 0 Å². The van der Waals surface area contributed by atoms with Crippen molar-refractivity contribution in [1.82, 2.24) is 4.90 Å². The van der Waals surface area contributed by atoms with Crippen LogP contribution in [-0.4, -0.2) is 30.3 Å². The molecule has 1 aliphatic heterocycles. The van der Waals surface area contributed by atoms with Gasteiger partial charge in [-0.15, -0.1) is 0 Å². The van der Waals surface area contributed by atoms with Gasteiger partial charge >= 0.3 is 0 Å². The number of carbonyl (C=O) groups is 1. The van der Waals surface area contributed by atoms with Crippen LogP contribution < -0.4 is 0 Å². The molecule has 0 amide bonds. The average molecular weight is 195 g/mol. The molecule has 0 radical (unpaired) electrons. The first-order chi connectivity index (χ1) is 6.75. The Morgan fingerprint density at radius 3 is 2.71 bits per heavy atom. The SMILES string of the molecule is CC1CN(CC2CCCC2)CCC1=O. The van der Waals surface area contributed by atoms with Crippen LogP contribution in [0, 0.1) is 11.8 Å². The van der Waals surface area contributed by atoms with Gasteiger partial charge in [0.05, 0.1) is 0 Å². The Hall–Kier alpha value is -0.370. The lowest BCUT2D eigenvalue weighted by Crippen LogP contribution is -2.41. The molecule has 2 rings (SSSR count). The molecule has 2 fully saturated rings. The molecular weight excluding hydrogens is 174 g/mol. The van der Waals surface area contributed by atoms with E-state index < -0.39 is 0 Å². The van der Waals surface area contributed by atoms with Crippen LogP contribution in [0.15, 0.2) is 0 Å². The molecule has 0 aromatic heterocycles. The zero-order valence-electron chi connectivity index (χ0n) is 9.17. The van der Waals surface area contributed by atoms with Gasteiger partial charge in [-0.3, -0.25) is 4.79 Å². The fourth-order valence-electron chi connectivity index (χ4n) is 2.82. The second kappa shape index (κ2) is 4.43. The lowest BCUT2D eigenvalue weighted by Gasteiger charge is -2.31. The molecule has 1 unspecified atom stereocenters. The molecule has 14 heavy (non-hydrogen) atoms. The minimum absolute atomic E-state index is 0.283. The maximum atomic E-state index is 11.4. The molecule has 0 spiro atoms. The fourth-order valence-corrected chi connectivity index (χ4v) is 2.82. The standard InChI is InChI=1S/C12H21NO/c1-10-8-13(7-6-12(10)14)9-11-4-2-3-5-11/h10-11H,2-9H2,1H3. The van der Waals surface area contributed by atoms with Crippen molar-refractivity contribution in [3.05, 3.63) is 0 Å². The van der Waals surface area contributed by atoms with Gasteiger partial charge in [0.1, 0.15) is 5.78 Å². The highest BCUT2D eigenvalue weighted by Crippen LogP contribution is 2.26. The first kappa shape index (κ1) is 10.2. The number of piperidine rings is 1. The number of likely N-dealkylation sites (tertiary alicyclic amines) is 1. The molecule has 1 saturated heterocycles. The third kappa shape index (κ3) is 2.35. The third-order valence-electron chi connectivity index (χ3n) is 3.75. The Balaban J connectivity index is 1.78. The monoisotopic (exact) mass is 195 g/mol. The maximum Gasteiger partial charge on any atom is 0.138 e. The molecule has 0 aromatic carbocycles. The molecule has 0 bridgehead atoms. The van der Waals surface area contributed by atoms with E-state index in [2.05, 4.69) is 11.8 Å². The van der Waals surface area contributed by atoms with Gasteiger partial charge in [0.15, 0.2) is 0 Å². The zero-order valence-corrected chi connectivity index (χ0v) is 9.17. The summed E-state index contributed by atoms with van der Waals surface area (Å²) in [5.74, 6) is 1.67. The second-order valence-electron chi connectivity index (χ2n) is 5.03. The smallest absolute Gasteiger partial charge is 0.138 e. The van der Waals surface area contributed by atoms with Crippen LogP contribution in [0.2, 0.25) is 0 Å². The summed E-state index contributed by atoms with van der Waals surface area (Å²) in [5.41, 5.74) is 0. The van der Waals surface area contributed by atoms with Crippen molar-refractivity contribution < 1.29 is 4.79 Å². The number of rotatable bonds is 2. The Kier molecular flexibility index (Phi) is 3.22. The van der Waals surface area contributed by atoms with Crippen LogP contribution in [0.25, 0.3) is 0 Å². The lowest BCUT2D eigenvalue weighted by molar-refractivity contribution is -0.125. The first-order valence-electron chi connectivity index (χ1n) is 6.01. The van der Waals surface area contributed by atoms with E-state index in [1.165, 1.54) is 32.2 Å². The van der Waals surface area contributed by atoms with E-state index in [0.717, 1.165) is 25.4 Å². The summed E-state index contributed by atoms with van der Waals surface area (Å²) in [5, 5.41) is 0. The van der Waals surface area contributed by atoms with Crippen LogP contribution in [0.5, 0.6) is 0 Å². The molecule has 0 N–H and O–H groups in total. The number of hydrogen-bond acceptors (Lipinski definition) is 2. The number of Topliss-reactive ketones (excluding diaryl/α,β-unsaturated/α-hetero) is 1. The van der Waals surface area contributed by atoms with Gasteiger partial charge in [-0.2, -0.15) is 0 Å². The first-order valence-corrected chi connectivity index (χ1v) is 6.01. The number of hydrogen-bond donors (Lipinski definition) is 0. The van der Waals surface area contributed by atoms with Gasteiger partial charge in [0.25, 0.3) is 0 Å². The van der Waals surface area contributed by atoms with Crippen LogP contribution in [0.4, 0.5) is 0 Å². The van der Waals surface area contributed by atoms with Gasteiger partial charge in [-0.05, 0) is 18.8 Å². The summed E-state index contributed by atoms with van der Waals surface area (Å²) in [6.07, 6.45) is 6.46. The van der Waals surface area contributed by atoms with E-state index in [1.807, 2.05) is 0 Å². The summed E-state index contributed by atoms with van der Waals surface area (Å²) in [6, 6.07) is 0. The second-order valence-corrected chi connectivity index (χ2v) is 5.03. The topological polar surface area (TPSA) is 20.3 Å². The summed E-state index contributed by atoms with van der Waals surface area (Å²) < 4.78 is 0. The normalized spacial score (nSPS) is 31.2. The highest BCUT2D eigenvalue weighted by atomic mass is 16.1. The average Bonchev–Trinajstić information content (AvgIpc) is 2.64. The minimum atomic E-state index is 0.283. The molecule has 1 aliphatic carbocycles. The van der Waals surface area contributed by atoms with Crippen LogP contribution >= 0.6 is 0 Å². The third-order valence-corrected chi connectivity index (χ3v) is 3.75. The number of nitrogens with zero attached hydrogens (tertiary/aromatic N) is 1. The Morgan fingerprint density at radius 2 is 2.07 bits per heavy atom. The van der Waals surface area contributed by atoms with E-state index in [0.29, 0.717) is 5.78 Å². The summed E-state index contributed by atoms with van der Waals surface area (Å²) in [7, 11) is 0. The van der Waals surface area contributed by atoms with Crippen molar-refractivity contribution in [2.75, 3.05) is 19.6 Å². The van der Waals surface area contributed by atoms with Gasteiger partial charge in [0.2, 0.25) is 0 Å². The molecular formula is C12H21NO. The predicted octanol–water partition coefficient (Wildman–Crippen LogP) is 2.09. The Labute approximate surface area is 86.7 Å². The van der Waals surface area contributed by atoms with E-state index in [4.69, 9.17) is 0 Å². The maximum absolute atomic E-state index is 11.4. The van der Waals surface area contributed by atoms with Crippen molar-refractivity contribution in [2.45, 2.75) is 39.0 Å². The van der Waals surface area contributed by atoms with Crippen molar-refractivity contribution >= 4 is 5.78 Å². The van der Waals surface area contributed by atoms with E-state index in [-0.39, 0.29) is 5.92 Å². The highest BCUT2D eigenvalue weighted by molar-refractivity contribution is 5.81. The summed E-state index contributed by atoms with van der Waals surface area (Å²) in [6.45, 7) is 5.34. The van der Waals surface area contributed by atoms with Gasteiger partial charge in [0, 0.05) is 32.0 Å². The highest BCUT2D eigenvalue weighted by Gasteiger charge is 2.26. The molecule has 80 valence electrons. The fraction of sp³-hybridized carbons (Fsp3) is 0.917. The molecule has 2 aliphatic rings. The Morgan fingerprint density at radius 1 is 1.36 bits per heavy atom. The summed E-state index contributed by atoms with van der Waals surface area (Å²) >= 11 is 0. The largest absolute Gasteiger partial charge is 0.302 e. The van der Waals surface area contributed by atoms with Crippen LogP contribution in [0.1, 0.15) is 39.0 Å².